The third-order valence-corrected chi connectivity index (χ3v) is 4.24. The van der Waals surface area contributed by atoms with Gasteiger partial charge in [-0.05, 0) is 38.0 Å². The quantitative estimate of drug-likeness (QED) is 0.228. The molecule has 0 aliphatic rings. The highest BCUT2D eigenvalue weighted by molar-refractivity contribution is 5.94. The first-order valence-electron chi connectivity index (χ1n) is 11.2. The molecule has 0 fully saturated rings. The Balaban J connectivity index is 0.00000126. The van der Waals surface area contributed by atoms with Gasteiger partial charge in [-0.25, -0.2) is 4.98 Å². The molecule has 0 radical (unpaired) electrons. The van der Waals surface area contributed by atoms with Gasteiger partial charge in [-0.1, -0.05) is 34.6 Å². The molecule has 1 rings (SSSR count). The van der Waals surface area contributed by atoms with Gasteiger partial charge in [0.05, 0.1) is 0 Å². The van der Waals surface area contributed by atoms with Gasteiger partial charge in [-0.2, -0.15) is 0 Å². The average Bonchev–Trinajstić information content (AvgIpc) is 3.10. The molecular formula is C22H40N6O5. The van der Waals surface area contributed by atoms with Crippen LogP contribution in [0.1, 0.15) is 88.5 Å². The fourth-order valence-corrected chi connectivity index (χ4v) is 2.64. The number of nitrogens with one attached hydrogen (secondary N) is 2. The summed E-state index contributed by atoms with van der Waals surface area (Å²) in [6.07, 6.45) is 2.81. The number of nitrogens with two attached hydrogens (primary N) is 2. The number of rotatable bonds is 12. The van der Waals surface area contributed by atoms with Gasteiger partial charge in [0.2, 0.25) is 11.8 Å². The van der Waals surface area contributed by atoms with Crippen LogP contribution < -0.4 is 22.1 Å². The molecule has 0 bridgehead atoms. The SMILES string of the molecule is CCCN=C(N)N.Cc1oc(C(CC(C)C)NC(=O)CCC(C)C)nc1C(=O)NCC(=O)O. The lowest BCUT2D eigenvalue weighted by molar-refractivity contribution is -0.135. The number of carboxylic acid groups (broad SMARTS) is 1. The van der Waals surface area contributed by atoms with E-state index in [0.717, 1.165) is 19.4 Å². The van der Waals surface area contributed by atoms with Gasteiger partial charge in [-0.3, -0.25) is 19.4 Å². The maximum atomic E-state index is 12.2. The van der Waals surface area contributed by atoms with Crippen LogP contribution in [-0.4, -0.2) is 46.9 Å². The normalized spacial score (nSPS) is 11.4. The minimum Gasteiger partial charge on any atom is -0.480 e. The van der Waals surface area contributed by atoms with E-state index in [1.165, 1.54) is 0 Å². The zero-order valence-corrected chi connectivity index (χ0v) is 20.6. The molecule has 0 saturated carbocycles. The van der Waals surface area contributed by atoms with Crippen LogP contribution in [0.25, 0.3) is 0 Å². The van der Waals surface area contributed by atoms with Gasteiger partial charge in [-0.15, -0.1) is 0 Å². The van der Waals surface area contributed by atoms with Crippen LogP contribution in [-0.2, 0) is 9.59 Å². The Morgan fingerprint density at radius 3 is 2.24 bits per heavy atom. The number of aromatic nitrogens is 1. The molecule has 1 atom stereocenters. The van der Waals surface area contributed by atoms with Crippen LogP contribution >= 0.6 is 0 Å². The summed E-state index contributed by atoms with van der Waals surface area (Å²) < 4.78 is 5.60. The van der Waals surface area contributed by atoms with Crippen LogP contribution in [0, 0.1) is 18.8 Å². The van der Waals surface area contributed by atoms with Crippen molar-refractivity contribution in [2.45, 2.75) is 73.3 Å². The molecule has 188 valence electrons. The molecule has 2 amide bonds. The summed E-state index contributed by atoms with van der Waals surface area (Å²) in [5.74, 6) is -0.412. The molecule has 0 aliphatic carbocycles. The molecule has 11 heteroatoms. The number of guanidine groups is 1. The number of aliphatic imine (C=N–C) groups is 1. The summed E-state index contributed by atoms with van der Waals surface area (Å²) in [5.41, 5.74) is 10.0. The van der Waals surface area contributed by atoms with E-state index in [1.807, 2.05) is 20.8 Å². The second kappa shape index (κ2) is 15.7. The van der Waals surface area contributed by atoms with Crippen molar-refractivity contribution in [1.29, 1.82) is 0 Å². The molecule has 0 saturated heterocycles. The van der Waals surface area contributed by atoms with Crippen LogP contribution in [0.15, 0.2) is 9.41 Å². The first kappa shape index (κ1) is 29.9. The zero-order chi connectivity index (χ0) is 25.6. The van der Waals surface area contributed by atoms with E-state index in [2.05, 4.69) is 34.5 Å². The first-order chi connectivity index (χ1) is 15.4. The summed E-state index contributed by atoms with van der Waals surface area (Å²) in [7, 11) is 0. The summed E-state index contributed by atoms with van der Waals surface area (Å²) in [5, 5.41) is 13.8. The highest BCUT2D eigenvalue weighted by atomic mass is 16.4. The Hall–Kier alpha value is -3.11. The van der Waals surface area contributed by atoms with E-state index in [-0.39, 0.29) is 35.1 Å². The van der Waals surface area contributed by atoms with Gasteiger partial charge < -0.3 is 31.6 Å². The van der Waals surface area contributed by atoms with Gasteiger partial charge in [0.25, 0.3) is 5.91 Å². The van der Waals surface area contributed by atoms with Crippen molar-refractivity contribution in [2.24, 2.45) is 28.3 Å². The van der Waals surface area contributed by atoms with Gasteiger partial charge in [0, 0.05) is 13.0 Å². The maximum absolute atomic E-state index is 12.2. The molecule has 1 unspecified atom stereocenters. The van der Waals surface area contributed by atoms with E-state index in [1.54, 1.807) is 6.92 Å². The van der Waals surface area contributed by atoms with Crippen molar-refractivity contribution >= 4 is 23.7 Å². The lowest BCUT2D eigenvalue weighted by Crippen LogP contribution is -2.31. The summed E-state index contributed by atoms with van der Waals surface area (Å²) in [6, 6.07) is -0.436. The zero-order valence-electron chi connectivity index (χ0n) is 20.6. The number of carbonyl (C=O) groups excluding carboxylic acids is 2. The van der Waals surface area contributed by atoms with Crippen molar-refractivity contribution in [2.75, 3.05) is 13.1 Å². The highest BCUT2D eigenvalue weighted by Crippen LogP contribution is 2.23. The maximum Gasteiger partial charge on any atom is 0.322 e. The first-order valence-corrected chi connectivity index (χ1v) is 11.2. The van der Waals surface area contributed by atoms with Gasteiger partial charge in [0.15, 0.2) is 11.7 Å². The highest BCUT2D eigenvalue weighted by Gasteiger charge is 2.25. The van der Waals surface area contributed by atoms with Gasteiger partial charge in [0.1, 0.15) is 18.3 Å². The van der Waals surface area contributed by atoms with Crippen LogP contribution in [0.2, 0.25) is 0 Å². The Kier molecular flexibility index (Phi) is 14.2. The topological polar surface area (TPSA) is 186 Å². The van der Waals surface area contributed by atoms with E-state index in [4.69, 9.17) is 21.0 Å². The number of aryl methyl sites for hydroxylation is 1. The predicted molar refractivity (Wildman–Crippen MR) is 127 cm³/mol. The van der Waals surface area contributed by atoms with E-state index < -0.39 is 24.5 Å². The molecule has 0 aliphatic heterocycles. The second-order valence-electron chi connectivity index (χ2n) is 8.52. The van der Waals surface area contributed by atoms with Crippen molar-refractivity contribution in [3.05, 3.63) is 17.3 Å². The summed E-state index contributed by atoms with van der Waals surface area (Å²) in [4.78, 5) is 42.7. The molecule has 1 aromatic rings. The molecule has 1 heterocycles. The fraction of sp³-hybridized carbons (Fsp3) is 0.682. The summed E-state index contributed by atoms with van der Waals surface area (Å²) in [6.45, 7) is 12.0. The van der Waals surface area contributed by atoms with Crippen LogP contribution in [0.3, 0.4) is 0 Å². The molecule has 0 spiro atoms. The second-order valence-corrected chi connectivity index (χ2v) is 8.52. The fourth-order valence-electron chi connectivity index (χ4n) is 2.64. The molecule has 7 N–H and O–H groups in total. The van der Waals surface area contributed by atoms with Crippen LogP contribution in [0.5, 0.6) is 0 Å². The minimum absolute atomic E-state index is 0.0337. The van der Waals surface area contributed by atoms with Crippen LogP contribution in [0.4, 0.5) is 0 Å². The number of nitrogens with zero attached hydrogens (tertiary/aromatic N) is 2. The predicted octanol–water partition coefficient (Wildman–Crippen LogP) is 2.11. The number of oxazole rings is 1. The third-order valence-electron chi connectivity index (χ3n) is 4.24. The van der Waals surface area contributed by atoms with Crippen molar-refractivity contribution in [3.8, 4) is 0 Å². The number of carboxylic acids is 1. The smallest absolute Gasteiger partial charge is 0.322 e. The number of amides is 2. The Bertz CT molecular complexity index is 784. The number of aliphatic carboxylic acids is 1. The largest absolute Gasteiger partial charge is 0.480 e. The Labute approximate surface area is 195 Å². The Morgan fingerprint density at radius 1 is 1.15 bits per heavy atom. The molecule has 0 aromatic carbocycles. The molecule has 33 heavy (non-hydrogen) atoms. The van der Waals surface area contributed by atoms with E-state index >= 15 is 0 Å². The standard InChI is InChI=1S/C18H29N3O5.C4H11N3/c1-10(2)6-7-14(22)20-13(8-11(3)4)18-21-16(12(5)26-18)17(25)19-9-15(23)24;1-2-3-7-4(5)6/h10-11,13H,6-9H2,1-5H3,(H,19,25)(H,20,22)(H,23,24);2-3H2,1H3,(H4,5,6,7). The van der Waals surface area contributed by atoms with Gasteiger partial charge >= 0.3 is 5.97 Å². The Morgan fingerprint density at radius 2 is 1.79 bits per heavy atom. The van der Waals surface area contributed by atoms with E-state index in [0.29, 0.717) is 18.8 Å². The lowest BCUT2D eigenvalue weighted by Gasteiger charge is -2.18. The number of hydrogen-bond donors (Lipinski definition) is 5. The van der Waals surface area contributed by atoms with E-state index in [9.17, 15) is 14.4 Å². The van der Waals surface area contributed by atoms with Crippen molar-refractivity contribution in [1.82, 2.24) is 15.6 Å². The lowest BCUT2D eigenvalue weighted by atomic mass is 10.0. The average molecular weight is 469 g/mol. The third kappa shape index (κ3) is 13.8. The van der Waals surface area contributed by atoms with Crippen molar-refractivity contribution in [3.63, 3.8) is 0 Å². The van der Waals surface area contributed by atoms with Crippen molar-refractivity contribution < 1.29 is 23.9 Å². The summed E-state index contributed by atoms with van der Waals surface area (Å²) >= 11 is 0. The monoisotopic (exact) mass is 468 g/mol. The number of hydrogen-bond acceptors (Lipinski definition) is 6. The molecule has 11 nitrogen and oxygen atoms in total. The number of carbonyl (C=O) groups is 3. The molecular weight excluding hydrogens is 428 g/mol. The minimum atomic E-state index is -1.14. The molecule has 1 aromatic heterocycles.